The molecule has 2 aromatic rings. The summed E-state index contributed by atoms with van der Waals surface area (Å²) in [5.41, 5.74) is 0. The fourth-order valence-corrected chi connectivity index (χ4v) is 10.2. The van der Waals surface area contributed by atoms with Gasteiger partial charge >= 0.3 is 0 Å². The number of unbranched alkanes of at least 4 members (excludes halogenated alkanes) is 4. The predicted octanol–water partition coefficient (Wildman–Crippen LogP) is 7.27. The Balaban J connectivity index is 1.88. The van der Waals surface area contributed by atoms with Crippen molar-refractivity contribution in [1.82, 2.24) is 0 Å². The molecule has 194 valence electrons. The molecular weight excluding hydrogens is 515 g/mol. The maximum Gasteiger partial charge on any atom is 0.261 e. The molecule has 0 unspecified atom stereocenters. The van der Waals surface area contributed by atoms with Gasteiger partial charge in [-0.3, -0.25) is 0 Å². The van der Waals surface area contributed by atoms with Crippen LogP contribution in [0, 0.1) is 0 Å². The Hall–Kier alpha value is -0.813. The summed E-state index contributed by atoms with van der Waals surface area (Å²) in [6.07, 6.45) is 6.66. The summed E-state index contributed by atoms with van der Waals surface area (Å²) in [5, 5.41) is 11.0. The van der Waals surface area contributed by atoms with E-state index in [1.54, 1.807) is 0 Å². The van der Waals surface area contributed by atoms with Gasteiger partial charge in [0.1, 0.15) is 0 Å². The van der Waals surface area contributed by atoms with Gasteiger partial charge in [-0.15, -0.1) is 41.4 Å². The second-order valence-corrected chi connectivity index (χ2v) is 16.1. The zero-order valence-electron chi connectivity index (χ0n) is 21.3. The largest absolute Gasteiger partial charge is 0.407 e. The van der Waals surface area contributed by atoms with Crippen molar-refractivity contribution in [3.8, 4) is 0 Å². The van der Waals surface area contributed by atoms with Crippen LogP contribution in [-0.2, 0) is 4.43 Å². The zero-order valence-corrected chi connectivity index (χ0v) is 24.6. The Morgan fingerprint density at radius 3 is 1.80 bits per heavy atom. The van der Waals surface area contributed by atoms with Crippen LogP contribution in [0.15, 0.2) is 73.3 Å². The number of aliphatic hydroxyl groups is 1. The predicted molar refractivity (Wildman–Crippen MR) is 156 cm³/mol. The molecular formula is C29H41Cl3O2Si. The van der Waals surface area contributed by atoms with E-state index in [1.807, 2.05) is 0 Å². The number of halogens is 3. The summed E-state index contributed by atoms with van der Waals surface area (Å²) >= 11 is 18.9. The smallest absolute Gasteiger partial charge is 0.261 e. The van der Waals surface area contributed by atoms with Crippen LogP contribution >= 0.6 is 34.8 Å². The summed E-state index contributed by atoms with van der Waals surface area (Å²) < 4.78 is 6.96. The highest BCUT2D eigenvalue weighted by Crippen LogP contribution is 2.37. The van der Waals surface area contributed by atoms with Gasteiger partial charge < -0.3 is 9.53 Å². The molecule has 2 rings (SSSR count). The number of hydrogen-bond donors (Lipinski definition) is 1. The molecule has 0 spiro atoms. The van der Waals surface area contributed by atoms with Gasteiger partial charge in [0.05, 0.1) is 22.2 Å². The van der Waals surface area contributed by atoms with Crippen LogP contribution in [0.1, 0.15) is 59.3 Å². The first-order valence-corrected chi connectivity index (χ1v) is 15.8. The molecule has 0 amide bonds. The van der Waals surface area contributed by atoms with Gasteiger partial charge in [0, 0.05) is 6.61 Å². The second-order valence-electron chi connectivity index (χ2n) is 10.2. The third kappa shape index (κ3) is 8.35. The van der Waals surface area contributed by atoms with Crippen molar-refractivity contribution in [2.24, 2.45) is 0 Å². The summed E-state index contributed by atoms with van der Waals surface area (Å²) in [4.78, 5) is 0. The van der Waals surface area contributed by atoms with Crippen molar-refractivity contribution in [3.05, 3.63) is 73.3 Å². The Morgan fingerprint density at radius 2 is 1.31 bits per heavy atom. The molecule has 1 N–H and O–H groups in total. The van der Waals surface area contributed by atoms with E-state index in [0.717, 1.165) is 45.1 Å². The first kappa shape index (κ1) is 30.4. The Morgan fingerprint density at radius 1 is 0.829 bits per heavy atom. The number of aliphatic hydroxyl groups excluding tert-OH is 1. The average Bonchev–Trinajstić information content (AvgIpc) is 2.86. The fraction of sp³-hybridized carbons (Fsp3) is 0.517. The highest BCUT2D eigenvalue weighted by atomic mass is 35.5. The Kier molecular flexibility index (Phi) is 12.9. The van der Waals surface area contributed by atoms with Crippen molar-refractivity contribution < 1.29 is 9.53 Å². The van der Waals surface area contributed by atoms with E-state index >= 15 is 0 Å². The lowest BCUT2D eigenvalue weighted by Crippen LogP contribution is -2.66. The molecule has 0 aliphatic rings. The molecule has 0 saturated heterocycles. The van der Waals surface area contributed by atoms with Crippen LogP contribution in [-0.4, -0.2) is 42.3 Å². The normalized spacial score (nSPS) is 15.9. The van der Waals surface area contributed by atoms with Gasteiger partial charge in [0.2, 0.25) is 0 Å². The number of benzene rings is 2. The van der Waals surface area contributed by atoms with Gasteiger partial charge in [-0.25, -0.2) is 0 Å². The maximum atomic E-state index is 9.79. The lowest BCUT2D eigenvalue weighted by Gasteiger charge is -2.43. The minimum atomic E-state index is -2.45. The molecule has 0 bridgehead atoms. The first-order valence-electron chi connectivity index (χ1n) is 12.6. The van der Waals surface area contributed by atoms with Crippen LogP contribution in [0.3, 0.4) is 0 Å². The molecule has 0 aliphatic heterocycles. The molecule has 0 aliphatic carbocycles. The topological polar surface area (TPSA) is 29.5 Å². The van der Waals surface area contributed by atoms with E-state index in [1.165, 1.54) is 16.4 Å². The average molecular weight is 556 g/mol. The molecule has 0 heterocycles. The molecule has 35 heavy (non-hydrogen) atoms. The van der Waals surface area contributed by atoms with Crippen LogP contribution in [0.25, 0.3) is 0 Å². The lowest BCUT2D eigenvalue weighted by atomic mass is 10.0. The second kappa shape index (κ2) is 14.8. The summed E-state index contributed by atoms with van der Waals surface area (Å²) in [7, 11) is -2.45. The summed E-state index contributed by atoms with van der Waals surface area (Å²) in [6, 6.07) is 21.6. The van der Waals surface area contributed by atoms with E-state index in [0.29, 0.717) is 0 Å². The van der Waals surface area contributed by atoms with Gasteiger partial charge in [-0.05, 0) is 28.3 Å². The molecule has 0 fully saturated rings. The van der Waals surface area contributed by atoms with Crippen LogP contribution in [0.4, 0.5) is 0 Å². The third-order valence-electron chi connectivity index (χ3n) is 6.58. The molecule has 2 nitrogen and oxygen atoms in total. The fourth-order valence-electron chi connectivity index (χ4n) is 4.64. The minimum absolute atomic E-state index is 0.00260. The van der Waals surface area contributed by atoms with Gasteiger partial charge in [-0.1, -0.05) is 113 Å². The van der Waals surface area contributed by atoms with Gasteiger partial charge in [-0.2, -0.15) is 0 Å². The molecule has 0 radical (unpaired) electrons. The molecule has 4 atom stereocenters. The third-order valence-corrected chi connectivity index (χ3v) is 13.5. The van der Waals surface area contributed by atoms with Crippen molar-refractivity contribution in [1.29, 1.82) is 0 Å². The van der Waals surface area contributed by atoms with Crippen LogP contribution in [0.2, 0.25) is 5.04 Å². The molecule has 0 aromatic heterocycles. The number of alkyl halides is 3. The van der Waals surface area contributed by atoms with Crippen LogP contribution in [0.5, 0.6) is 0 Å². The van der Waals surface area contributed by atoms with Gasteiger partial charge in [0.15, 0.2) is 0 Å². The molecule has 2 aromatic carbocycles. The van der Waals surface area contributed by atoms with E-state index in [4.69, 9.17) is 39.2 Å². The van der Waals surface area contributed by atoms with E-state index < -0.39 is 25.2 Å². The zero-order chi connectivity index (χ0) is 25.9. The van der Waals surface area contributed by atoms with Crippen molar-refractivity contribution in [2.75, 3.05) is 6.61 Å². The highest BCUT2D eigenvalue weighted by Gasteiger charge is 2.49. The minimum Gasteiger partial charge on any atom is -0.407 e. The lowest BCUT2D eigenvalue weighted by molar-refractivity contribution is 0.214. The van der Waals surface area contributed by atoms with Crippen molar-refractivity contribution in [3.63, 3.8) is 0 Å². The molecule has 6 heteroatoms. The van der Waals surface area contributed by atoms with Crippen LogP contribution < -0.4 is 10.4 Å². The number of rotatable bonds is 15. The summed E-state index contributed by atoms with van der Waals surface area (Å²) in [5.74, 6) is 0. The number of hydrogen-bond acceptors (Lipinski definition) is 2. The van der Waals surface area contributed by atoms with Crippen molar-refractivity contribution in [2.45, 2.75) is 86.6 Å². The standard InChI is InChI=1S/C29H41Cl3O2Si/c1-5-26(33)28(32)27(31)25(30)21-15-7-6-8-16-22-34-35(29(2,3)4,23-17-11-9-12-18-23)24-19-13-10-14-20-24/h5,9-14,17-20,25-28,33H,1,6-8,15-16,21-22H2,2-4H3/t25-,26+,27+,28+/m1/s1. The SMILES string of the molecule is C=C[C@H](O)[C@H](Cl)[C@@H](Cl)[C@H](Cl)CCCCCCCO[Si](c1ccccc1)(c1ccccc1)C(C)(C)C. The highest BCUT2D eigenvalue weighted by molar-refractivity contribution is 6.99. The van der Waals surface area contributed by atoms with E-state index in [2.05, 4.69) is 88.0 Å². The molecule has 0 saturated carbocycles. The Labute approximate surface area is 228 Å². The summed E-state index contributed by atoms with van der Waals surface area (Å²) in [6.45, 7) is 11.2. The van der Waals surface area contributed by atoms with E-state index in [-0.39, 0.29) is 10.4 Å². The van der Waals surface area contributed by atoms with Crippen molar-refractivity contribution >= 4 is 53.5 Å². The Bertz CT molecular complexity index is 818. The maximum absolute atomic E-state index is 9.79. The van der Waals surface area contributed by atoms with E-state index in [9.17, 15) is 5.11 Å². The van der Waals surface area contributed by atoms with Gasteiger partial charge in [0.25, 0.3) is 8.32 Å². The first-order chi connectivity index (χ1) is 16.6. The quantitative estimate of drug-likeness (QED) is 0.108. The monoisotopic (exact) mass is 554 g/mol.